The summed E-state index contributed by atoms with van der Waals surface area (Å²) >= 11 is 11.1. The Kier molecular flexibility index (Phi) is 3.00. The zero-order valence-corrected chi connectivity index (χ0v) is 10.7. The molecule has 0 saturated carbocycles. The number of benzene rings is 1. The van der Waals surface area contributed by atoms with E-state index in [2.05, 4.69) is 15.9 Å². The van der Waals surface area contributed by atoms with Crippen LogP contribution in [0.2, 0.25) is 5.02 Å². The molecule has 2 aromatic rings. The Balaban J connectivity index is 2.78. The molecule has 1 heterocycles. The minimum atomic E-state index is 0.774. The number of halogens is 2. The lowest BCUT2D eigenvalue weighted by atomic mass is 10.1. The molecule has 0 amide bonds. The molecule has 74 valence electrons. The second-order valence-corrected chi connectivity index (χ2v) is 4.78. The first-order valence-electron chi connectivity index (χ1n) is 4.06. The second-order valence-electron chi connectivity index (χ2n) is 2.88. The number of methoxy groups -OCH3 is 1. The molecule has 1 aromatic carbocycles. The summed E-state index contributed by atoms with van der Waals surface area (Å²) in [6.07, 6.45) is 0. The first-order valence-corrected chi connectivity index (χ1v) is 6.43. The first kappa shape index (κ1) is 10.3. The minimum Gasteiger partial charge on any atom is -0.495 e. The normalized spacial score (nSPS) is 10.8. The van der Waals surface area contributed by atoms with Crippen LogP contribution < -0.4 is 4.74 Å². The van der Waals surface area contributed by atoms with Crippen molar-refractivity contribution in [1.82, 2.24) is 0 Å². The molecule has 0 aliphatic heterocycles. The molecule has 0 aliphatic rings. The maximum Gasteiger partial charge on any atom is 0.137 e. The zero-order valence-electron chi connectivity index (χ0n) is 7.51. The lowest BCUT2D eigenvalue weighted by Crippen LogP contribution is -1.84. The molecule has 0 aliphatic carbocycles. The van der Waals surface area contributed by atoms with E-state index in [1.807, 2.05) is 17.5 Å². The summed E-state index contributed by atoms with van der Waals surface area (Å²) in [5, 5.41) is 4.74. The second kappa shape index (κ2) is 4.09. The fourth-order valence-corrected chi connectivity index (χ4v) is 3.18. The number of ether oxygens (including phenoxy) is 1. The molecule has 0 spiro atoms. The number of hydrogen-bond acceptors (Lipinski definition) is 2. The maximum absolute atomic E-state index is 6.00. The van der Waals surface area contributed by atoms with Crippen molar-refractivity contribution in [1.29, 1.82) is 0 Å². The topological polar surface area (TPSA) is 9.23 Å². The highest BCUT2D eigenvalue weighted by atomic mass is 79.9. The summed E-state index contributed by atoms with van der Waals surface area (Å²) in [5.74, 6) is 0.927. The third-order valence-electron chi connectivity index (χ3n) is 2.05. The number of alkyl halides is 1. The summed E-state index contributed by atoms with van der Waals surface area (Å²) in [4.78, 5) is 0. The van der Waals surface area contributed by atoms with Gasteiger partial charge in [-0.2, -0.15) is 0 Å². The SMILES string of the molecule is COc1csc2cc(Cl)cc(CBr)c12. The van der Waals surface area contributed by atoms with Crippen molar-refractivity contribution in [2.24, 2.45) is 0 Å². The van der Waals surface area contributed by atoms with Gasteiger partial charge >= 0.3 is 0 Å². The molecule has 0 atom stereocenters. The summed E-state index contributed by atoms with van der Waals surface area (Å²) in [6, 6.07) is 3.93. The Morgan fingerprint density at radius 1 is 1.50 bits per heavy atom. The average molecular weight is 292 g/mol. The Bertz CT molecular complexity index is 466. The molecule has 0 saturated heterocycles. The van der Waals surface area contributed by atoms with Gasteiger partial charge in [-0.1, -0.05) is 27.5 Å². The van der Waals surface area contributed by atoms with Gasteiger partial charge in [0.1, 0.15) is 5.75 Å². The van der Waals surface area contributed by atoms with Gasteiger partial charge in [0.15, 0.2) is 0 Å². The van der Waals surface area contributed by atoms with Gasteiger partial charge in [0, 0.05) is 25.8 Å². The largest absolute Gasteiger partial charge is 0.495 e. The highest BCUT2D eigenvalue weighted by Gasteiger charge is 2.09. The van der Waals surface area contributed by atoms with E-state index >= 15 is 0 Å². The van der Waals surface area contributed by atoms with Crippen LogP contribution in [0.3, 0.4) is 0 Å². The van der Waals surface area contributed by atoms with Crippen molar-refractivity contribution in [3.05, 3.63) is 28.1 Å². The molecule has 1 nitrogen and oxygen atoms in total. The molecule has 2 rings (SSSR count). The fourth-order valence-electron chi connectivity index (χ4n) is 1.44. The molecule has 0 fully saturated rings. The lowest BCUT2D eigenvalue weighted by molar-refractivity contribution is 0.421. The predicted octanol–water partition coefficient (Wildman–Crippen LogP) is 4.46. The fraction of sp³-hybridized carbons (Fsp3) is 0.200. The average Bonchev–Trinajstić information content (AvgIpc) is 2.59. The third kappa shape index (κ3) is 1.64. The van der Waals surface area contributed by atoms with Crippen LogP contribution in [0.25, 0.3) is 10.1 Å². The van der Waals surface area contributed by atoms with Crippen LogP contribution in [0.4, 0.5) is 0 Å². The maximum atomic E-state index is 6.00. The number of fused-ring (bicyclic) bond motifs is 1. The van der Waals surface area contributed by atoms with E-state index in [9.17, 15) is 0 Å². The molecular formula is C10H8BrClOS. The van der Waals surface area contributed by atoms with E-state index in [-0.39, 0.29) is 0 Å². The van der Waals surface area contributed by atoms with Crippen molar-refractivity contribution in [2.45, 2.75) is 5.33 Å². The van der Waals surface area contributed by atoms with Crippen molar-refractivity contribution in [3.63, 3.8) is 0 Å². The molecule has 14 heavy (non-hydrogen) atoms. The molecule has 0 unspecified atom stereocenters. The van der Waals surface area contributed by atoms with Gasteiger partial charge in [0.2, 0.25) is 0 Å². The van der Waals surface area contributed by atoms with Crippen molar-refractivity contribution < 1.29 is 4.74 Å². The molecule has 0 bridgehead atoms. The van der Waals surface area contributed by atoms with Crippen LogP contribution in [0, 0.1) is 0 Å². The monoisotopic (exact) mass is 290 g/mol. The van der Waals surface area contributed by atoms with E-state index in [0.717, 1.165) is 16.1 Å². The van der Waals surface area contributed by atoms with Crippen molar-refractivity contribution in [3.8, 4) is 5.75 Å². The number of thiophene rings is 1. The van der Waals surface area contributed by atoms with Crippen molar-refractivity contribution in [2.75, 3.05) is 7.11 Å². The van der Waals surface area contributed by atoms with E-state index in [0.29, 0.717) is 0 Å². The van der Waals surface area contributed by atoms with Gasteiger partial charge in [0.25, 0.3) is 0 Å². The highest BCUT2D eigenvalue weighted by Crippen LogP contribution is 2.37. The quantitative estimate of drug-likeness (QED) is 0.742. The first-order chi connectivity index (χ1) is 6.76. The molecule has 0 N–H and O–H groups in total. The van der Waals surface area contributed by atoms with Gasteiger partial charge in [-0.25, -0.2) is 0 Å². The summed E-state index contributed by atoms with van der Waals surface area (Å²) < 4.78 is 6.47. The summed E-state index contributed by atoms with van der Waals surface area (Å²) in [6.45, 7) is 0. The standard InChI is InChI=1S/C10H8BrClOS/c1-13-8-5-14-9-3-7(12)2-6(4-11)10(8)9/h2-3,5H,4H2,1H3. The number of hydrogen-bond donors (Lipinski definition) is 0. The van der Waals surface area contributed by atoms with E-state index in [4.69, 9.17) is 16.3 Å². The Labute approximate surface area is 99.8 Å². The predicted molar refractivity (Wildman–Crippen MR) is 66.0 cm³/mol. The van der Waals surface area contributed by atoms with E-state index in [1.165, 1.54) is 15.6 Å². The third-order valence-corrected chi connectivity index (χ3v) is 3.78. The van der Waals surface area contributed by atoms with Gasteiger partial charge in [0.05, 0.1) is 7.11 Å². The van der Waals surface area contributed by atoms with Gasteiger partial charge in [-0.15, -0.1) is 11.3 Å². The van der Waals surface area contributed by atoms with Crippen LogP contribution in [0.1, 0.15) is 5.56 Å². The van der Waals surface area contributed by atoms with Crippen LogP contribution in [0.15, 0.2) is 17.5 Å². The van der Waals surface area contributed by atoms with Crippen LogP contribution in [-0.4, -0.2) is 7.11 Å². The van der Waals surface area contributed by atoms with Crippen LogP contribution >= 0.6 is 38.9 Å². The van der Waals surface area contributed by atoms with E-state index in [1.54, 1.807) is 18.4 Å². The smallest absolute Gasteiger partial charge is 0.137 e. The molecular weight excluding hydrogens is 284 g/mol. The molecule has 4 heteroatoms. The van der Waals surface area contributed by atoms with Gasteiger partial charge in [-0.05, 0) is 17.7 Å². The van der Waals surface area contributed by atoms with Crippen LogP contribution in [0.5, 0.6) is 5.75 Å². The molecule has 1 aromatic heterocycles. The number of rotatable bonds is 2. The van der Waals surface area contributed by atoms with Gasteiger partial charge < -0.3 is 4.74 Å². The minimum absolute atomic E-state index is 0.774. The van der Waals surface area contributed by atoms with Crippen molar-refractivity contribution >= 4 is 49.0 Å². The Hall–Kier alpha value is -0.250. The lowest BCUT2D eigenvalue weighted by Gasteiger charge is -2.03. The summed E-state index contributed by atoms with van der Waals surface area (Å²) in [5.41, 5.74) is 1.17. The van der Waals surface area contributed by atoms with E-state index < -0.39 is 0 Å². The highest BCUT2D eigenvalue weighted by molar-refractivity contribution is 9.08. The zero-order chi connectivity index (χ0) is 10.1. The van der Waals surface area contributed by atoms with Gasteiger partial charge in [-0.3, -0.25) is 0 Å². The Morgan fingerprint density at radius 3 is 2.93 bits per heavy atom. The summed E-state index contributed by atoms with van der Waals surface area (Å²) in [7, 11) is 1.69. The molecule has 0 radical (unpaired) electrons. The Morgan fingerprint density at radius 2 is 2.29 bits per heavy atom. The van der Waals surface area contributed by atoms with Crippen LogP contribution in [-0.2, 0) is 5.33 Å².